The van der Waals surface area contributed by atoms with E-state index in [4.69, 9.17) is 18.9 Å². The van der Waals surface area contributed by atoms with Crippen molar-refractivity contribution in [2.24, 2.45) is 0 Å². The Hall–Kier alpha value is -0.240. The molecule has 0 bridgehead atoms. The van der Waals surface area contributed by atoms with Crippen LogP contribution in [0.15, 0.2) is 0 Å². The van der Waals surface area contributed by atoms with Gasteiger partial charge >= 0.3 is 0 Å². The first-order valence-electron chi connectivity index (χ1n) is 5.72. The zero-order chi connectivity index (χ0) is 12.9. The number of ether oxygens (including phenoxy) is 4. The van der Waals surface area contributed by atoms with Gasteiger partial charge in [-0.05, 0) is 27.7 Å². The van der Waals surface area contributed by atoms with E-state index in [1.54, 1.807) is 27.7 Å². The lowest BCUT2D eigenvalue weighted by Crippen LogP contribution is -2.63. The van der Waals surface area contributed by atoms with Crippen molar-refractivity contribution in [1.82, 2.24) is 0 Å². The lowest BCUT2D eigenvalue weighted by molar-refractivity contribution is -0.417. The van der Waals surface area contributed by atoms with Crippen LogP contribution in [0.3, 0.4) is 0 Å². The van der Waals surface area contributed by atoms with E-state index in [0.717, 1.165) is 0 Å². The fraction of sp³-hybridized carbons (Fsp3) is 1.00. The molecule has 6 heteroatoms. The predicted molar refractivity (Wildman–Crippen MR) is 57.0 cm³/mol. The maximum absolute atomic E-state index is 10.1. The van der Waals surface area contributed by atoms with Gasteiger partial charge in [0.15, 0.2) is 11.6 Å². The van der Waals surface area contributed by atoms with E-state index < -0.39 is 29.6 Å². The number of hydrogen-bond acceptors (Lipinski definition) is 6. The van der Waals surface area contributed by atoms with Gasteiger partial charge in [0, 0.05) is 0 Å². The monoisotopic (exact) mass is 248 g/mol. The second-order valence-electron chi connectivity index (χ2n) is 5.34. The standard InChI is InChI=1S/C11H20O6/c1-9(2)14-6-7(13)11(16-9)8(5-12)15-10(3,4)17-11/h7-8,12-13H,5-6H2,1-4H3/t7?,8?,11-/m0/s1. The summed E-state index contributed by atoms with van der Waals surface area (Å²) in [6, 6.07) is 0. The van der Waals surface area contributed by atoms with E-state index in [1.807, 2.05) is 0 Å². The van der Waals surface area contributed by atoms with Gasteiger partial charge in [0.25, 0.3) is 0 Å². The van der Waals surface area contributed by atoms with Gasteiger partial charge in [-0.2, -0.15) is 0 Å². The second kappa shape index (κ2) is 3.88. The minimum absolute atomic E-state index is 0.0724. The van der Waals surface area contributed by atoms with Crippen LogP contribution in [0.1, 0.15) is 27.7 Å². The average Bonchev–Trinajstić information content (AvgIpc) is 2.44. The molecule has 100 valence electrons. The SMILES string of the molecule is CC1(C)OCC(O)[C@]2(O1)OC(C)(C)OC2CO. The molecule has 2 unspecified atom stereocenters. The van der Waals surface area contributed by atoms with Gasteiger partial charge in [-0.15, -0.1) is 0 Å². The summed E-state index contributed by atoms with van der Waals surface area (Å²) in [7, 11) is 0. The smallest absolute Gasteiger partial charge is 0.231 e. The zero-order valence-corrected chi connectivity index (χ0v) is 10.6. The summed E-state index contributed by atoms with van der Waals surface area (Å²) >= 11 is 0. The molecule has 2 heterocycles. The Balaban J connectivity index is 2.31. The van der Waals surface area contributed by atoms with Crippen LogP contribution >= 0.6 is 0 Å². The van der Waals surface area contributed by atoms with Gasteiger partial charge in [-0.3, -0.25) is 0 Å². The fourth-order valence-electron chi connectivity index (χ4n) is 2.31. The Morgan fingerprint density at radius 3 is 2.29 bits per heavy atom. The second-order valence-corrected chi connectivity index (χ2v) is 5.34. The van der Waals surface area contributed by atoms with E-state index in [9.17, 15) is 10.2 Å². The molecule has 2 aliphatic rings. The van der Waals surface area contributed by atoms with E-state index in [-0.39, 0.29) is 13.2 Å². The Morgan fingerprint density at radius 1 is 1.12 bits per heavy atom. The summed E-state index contributed by atoms with van der Waals surface area (Å²) in [5.74, 6) is -3.18. The summed E-state index contributed by atoms with van der Waals surface area (Å²) in [5, 5.41) is 19.4. The molecule has 1 spiro atoms. The predicted octanol–water partition coefficient (Wildman–Crippen LogP) is -0.0297. The van der Waals surface area contributed by atoms with Crippen LogP contribution in [0.5, 0.6) is 0 Å². The topological polar surface area (TPSA) is 77.4 Å². The third kappa shape index (κ3) is 2.21. The summed E-state index contributed by atoms with van der Waals surface area (Å²) in [5.41, 5.74) is 0. The molecule has 0 aliphatic carbocycles. The van der Waals surface area contributed by atoms with E-state index >= 15 is 0 Å². The van der Waals surface area contributed by atoms with Crippen molar-refractivity contribution >= 4 is 0 Å². The van der Waals surface area contributed by atoms with Gasteiger partial charge in [-0.1, -0.05) is 0 Å². The van der Waals surface area contributed by atoms with Crippen molar-refractivity contribution < 1.29 is 29.2 Å². The lowest BCUT2D eigenvalue weighted by Gasteiger charge is -2.46. The quantitative estimate of drug-likeness (QED) is 0.678. The molecule has 0 saturated carbocycles. The molecule has 0 amide bonds. The minimum Gasteiger partial charge on any atom is -0.393 e. The van der Waals surface area contributed by atoms with Crippen LogP contribution in [0, 0.1) is 0 Å². The summed E-state index contributed by atoms with van der Waals surface area (Å²) in [6.45, 7) is 6.65. The highest BCUT2D eigenvalue weighted by atomic mass is 16.9. The fourth-order valence-corrected chi connectivity index (χ4v) is 2.31. The largest absolute Gasteiger partial charge is 0.393 e. The highest BCUT2D eigenvalue weighted by molar-refractivity contribution is 4.97. The van der Waals surface area contributed by atoms with Gasteiger partial charge in [0.05, 0.1) is 13.2 Å². The highest BCUT2D eigenvalue weighted by Gasteiger charge is 2.62. The van der Waals surface area contributed by atoms with Crippen molar-refractivity contribution in [3.63, 3.8) is 0 Å². The minimum atomic E-state index is -1.38. The van der Waals surface area contributed by atoms with Crippen LogP contribution in [0.25, 0.3) is 0 Å². The number of rotatable bonds is 1. The molecular weight excluding hydrogens is 228 g/mol. The molecule has 2 N–H and O–H groups in total. The van der Waals surface area contributed by atoms with Crippen molar-refractivity contribution in [2.45, 2.75) is 57.3 Å². The summed E-state index contributed by atoms with van der Waals surface area (Å²) < 4.78 is 22.3. The van der Waals surface area contributed by atoms with Crippen LogP contribution in [0.4, 0.5) is 0 Å². The highest BCUT2D eigenvalue weighted by Crippen LogP contribution is 2.44. The Morgan fingerprint density at radius 2 is 1.71 bits per heavy atom. The third-order valence-corrected chi connectivity index (χ3v) is 2.90. The first-order chi connectivity index (χ1) is 7.71. The lowest BCUT2D eigenvalue weighted by atomic mass is 10.0. The molecule has 2 aliphatic heterocycles. The zero-order valence-electron chi connectivity index (χ0n) is 10.6. The van der Waals surface area contributed by atoms with Crippen molar-refractivity contribution in [1.29, 1.82) is 0 Å². The maximum atomic E-state index is 10.1. The molecular formula is C11H20O6. The molecule has 2 saturated heterocycles. The van der Waals surface area contributed by atoms with Crippen molar-refractivity contribution in [2.75, 3.05) is 13.2 Å². The van der Waals surface area contributed by atoms with E-state index in [0.29, 0.717) is 0 Å². The van der Waals surface area contributed by atoms with Crippen molar-refractivity contribution in [3.8, 4) is 0 Å². The van der Waals surface area contributed by atoms with Gasteiger partial charge in [0.1, 0.15) is 12.2 Å². The third-order valence-electron chi connectivity index (χ3n) is 2.90. The van der Waals surface area contributed by atoms with Crippen LogP contribution in [-0.2, 0) is 18.9 Å². The molecule has 0 aromatic heterocycles. The molecule has 3 atom stereocenters. The number of hydrogen-bond donors (Lipinski definition) is 2. The van der Waals surface area contributed by atoms with Gasteiger partial charge < -0.3 is 29.2 Å². The number of aliphatic hydroxyl groups excluding tert-OH is 2. The van der Waals surface area contributed by atoms with Gasteiger partial charge in [0.2, 0.25) is 5.79 Å². The Labute approximate surface area is 100 Å². The first kappa shape index (κ1) is 13.2. The normalized spacial score (nSPS) is 44.1. The van der Waals surface area contributed by atoms with Crippen LogP contribution in [-0.4, -0.2) is 53.0 Å². The van der Waals surface area contributed by atoms with Gasteiger partial charge in [-0.25, -0.2) is 0 Å². The number of aliphatic hydroxyl groups is 2. The molecule has 0 aromatic carbocycles. The molecule has 17 heavy (non-hydrogen) atoms. The summed E-state index contributed by atoms with van der Waals surface area (Å²) in [4.78, 5) is 0. The average molecular weight is 248 g/mol. The van der Waals surface area contributed by atoms with E-state index in [1.165, 1.54) is 0 Å². The molecule has 0 aromatic rings. The van der Waals surface area contributed by atoms with Crippen LogP contribution < -0.4 is 0 Å². The van der Waals surface area contributed by atoms with Crippen LogP contribution in [0.2, 0.25) is 0 Å². The molecule has 6 nitrogen and oxygen atoms in total. The molecule has 2 rings (SSSR count). The Kier molecular flexibility index (Phi) is 3.01. The Bertz CT molecular complexity index is 300. The first-order valence-corrected chi connectivity index (χ1v) is 5.72. The molecule has 0 radical (unpaired) electrons. The van der Waals surface area contributed by atoms with Crippen molar-refractivity contribution in [3.05, 3.63) is 0 Å². The molecule has 2 fully saturated rings. The van der Waals surface area contributed by atoms with E-state index in [2.05, 4.69) is 0 Å². The summed E-state index contributed by atoms with van der Waals surface area (Å²) in [6.07, 6.45) is -1.75. The maximum Gasteiger partial charge on any atom is 0.231 e.